The van der Waals surface area contributed by atoms with E-state index >= 15 is 0 Å². The van der Waals surface area contributed by atoms with Gasteiger partial charge in [-0.25, -0.2) is 0 Å². The molecule has 2 atom stereocenters. The number of amides is 1. The number of carbonyl (C=O) groups excluding carboxylic acids is 1. The maximum Gasteiger partial charge on any atom is 0.219 e. The number of allylic oxidation sites excluding steroid dienone is 2. The normalized spacial score (nSPS) is 21.4. The highest BCUT2D eigenvalue weighted by Gasteiger charge is 2.54. The van der Waals surface area contributed by atoms with E-state index in [0.29, 0.717) is 42.4 Å². The molecule has 0 radical (unpaired) electrons. The van der Waals surface area contributed by atoms with Crippen molar-refractivity contribution in [3.05, 3.63) is 46.7 Å². The van der Waals surface area contributed by atoms with Gasteiger partial charge in [0.25, 0.3) is 0 Å². The molecular formula is C24H25N5O3. The highest BCUT2D eigenvalue weighted by molar-refractivity contribution is 5.74. The third-order valence-electron chi connectivity index (χ3n) is 6.04. The van der Waals surface area contributed by atoms with Crippen molar-refractivity contribution in [3.63, 3.8) is 0 Å². The summed E-state index contributed by atoms with van der Waals surface area (Å²) in [6.45, 7) is 6.66. The van der Waals surface area contributed by atoms with Crippen LogP contribution in [-0.2, 0) is 4.79 Å². The Bertz CT molecular complexity index is 1100. The Balaban J connectivity index is 2.28. The van der Waals surface area contributed by atoms with Crippen LogP contribution in [0.25, 0.3) is 0 Å². The van der Waals surface area contributed by atoms with Crippen LogP contribution in [0, 0.1) is 45.3 Å². The molecule has 8 nitrogen and oxygen atoms in total. The number of nitrogens with two attached hydrogens (primary N) is 1. The highest BCUT2D eigenvalue weighted by Crippen LogP contribution is 2.54. The van der Waals surface area contributed by atoms with Crippen LogP contribution in [0.1, 0.15) is 32.3 Å². The van der Waals surface area contributed by atoms with Gasteiger partial charge in [0.2, 0.25) is 5.91 Å². The molecule has 1 aliphatic carbocycles. The number of hydrogen-bond donors (Lipinski definition) is 1. The highest BCUT2D eigenvalue weighted by atomic mass is 16.5. The molecule has 1 heterocycles. The first-order valence-electron chi connectivity index (χ1n) is 10.5. The van der Waals surface area contributed by atoms with Crippen molar-refractivity contribution in [2.75, 3.05) is 26.3 Å². The Kier molecular flexibility index (Phi) is 6.42. The van der Waals surface area contributed by atoms with Crippen molar-refractivity contribution < 1.29 is 14.3 Å². The maximum absolute atomic E-state index is 12.1. The van der Waals surface area contributed by atoms with Crippen LogP contribution in [0.5, 0.6) is 11.5 Å². The molecule has 0 spiro atoms. The second kappa shape index (κ2) is 9.04. The van der Waals surface area contributed by atoms with Crippen LogP contribution >= 0.6 is 0 Å². The summed E-state index contributed by atoms with van der Waals surface area (Å²) in [5, 5.41) is 30.2. The minimum Gasteiger partial charge on any atom is -0.490 e. The average Bonchev–Trinajstić information content (AvgIpc) is 2.79. The molecule has 1 amide bonds. The summed E-state index contributed by atoms with van der Waals surface area (Å²) >= 11 is 0. The fourth-order valence-corrected chi connectivity index (χ4v) is 4.57. The molecule has 32 heavy (non-hydrogen) atoms. The Morgan fingerprint density at radius 3 is 2.41 bits per heavy atom. The first-order chi connectivity index (χ1) is 15.4. The first kappa shape index (κ1) is 22.7. The molecule has 0 bridgehead atoms. The fourth-order valence-electron chi connectivity index (χ4n) is 4.57. The van der Waals surface area contributed by atoms with E-state index < -0.39 is 17.3 Å². The molecule has 1 aromatic carbocycles. The predicted octanol–water partition coefficient (Wildman–Crippen LogP) is 2.76. The SMILES string of the molecule is CCOc1ccc([C@@H]2[C@@H]3CN(C(C)=O)CC=C3C(C#N)=C(N)C2(C#N)C#N)cc1OCC. The van der Waals surface area contributed by atoms with Crippen LogP contribution in [0.2, 0.25) is 0 Å². The lowest BCUT2D eigenvalue weighted by atomic mass is 9.58. The molecule has 3 rings (SSSR count). The minimum atomic E-state index is -1.77. The number of nitrogens with zero attached hydrogens (tertiary/aromatic N) is 4. The Labute approximate surface area is 187 Å². The van der Waals surface area contributed by atoms with Gasteiger partial charge in [0.05, 0.1) is 36.6 Å². The van der Waals surface area contributed by atoms with Gasteiger partial charge in [0.15, 0.2) is 16.9 Å². The third kappa shape index (κ3) is 3.53. The van der Waals surface area contributed by atoms with Crippen molar-refractivity contribution in [2.24, 2.45) is 17.1 Å². The standard InChI is InChI=1S/C24H25N5O3/c1-4-31-20-7-6-16(10-21(20)32-5-2)22-19-12-29(15(3)30)9-8-17(19)18(11-25)23(28)24(22,13-26)14-27/h6-8,10,19,22H,4-5,9,12,28H2,1-3H3/t19-,22-/m1/s1. The number of benzene rings is 1. The molecule has 0 aromatic heterocycles. The second-order valence-electron chi connectivity index (χ2n) is 7.67. The summed E-state index contributed by atoms with van der Waals surface area (Å²) in [5.74, 6) is -0.241. The number of fused-ring (bicyclic) bond motifs is 1. The van der Waals surface area contributed by atoms with Gasteiger partial charge in [-0.2, -0.15) is 15.8 Å². The molecule has 2 N–H and O–H groups in total. The van der Waals surface area contributed by atoms with Gasteiger partial charge in [-0.1, -0.05) is 12.1 Å². The predicted molar refractivity (Wildman–Crippen MR) is 116 cm³/mol. The van der Waals surface area contributed by atoms with Gasteiger partial charge < -0.3 is 20.1 Å². The fraction of sp³-hybridized carbons (Fsp3) is 0.417. The second-order valence-corrected chi connectivity index (χ2v) is 7.67. The summed E-state index contributed by atoms with van der Waals surface area (Å²) in [5.41, 5.74) is 5.97. The van der Waals surface area contributed by atoms with Crippen molar-refractivity contribution in [3.8, 4) is 29.7 Å². The van der Waals surface area contributed by atoms with Gasteiger partial charge in [-0.05, 0) is 37.1 Å². The summed E-state index contributed by atoms with van der Waals surface area (Å²) < 4.78 is 11.4. The molecular weight excluding hydrogens is 406 g/mol. The van der Waals surface area contributed by atoms with E-state index in [1.54, 1.807) is 29.2 Å². The van der Waals surface area contributed by atoms with E-state index in [1.165, 1.54) is 6.92 Å². The van der Waals surface area contributed by atoms with Gasteiger partial charge in [0.1, 0.15) is 6.07 Å². The van der Waals surface area contributed by atoms with Crippen LogP contribution < -0.4 is 15.2 Å². The molecule has 0 saturated carbocycles. The van der Waals surface area contributed by atoms with Crippen molar-refractivity contribution in [2.45, 2.75) is 26.7 Å². The van der Waals surface area contributed by atoms with Crippen molar-refractivity contribution in [1.82, 2.24) is 4.90 Å². The maximum atomic E-state index is 12.1. The van der Waals surface area contributed by atoms with E-state index in [-0.39, 0.29) is 23.7 Å². The number of nitriles is 3. The molecule has 1 aliphatic heterocycles. The lowest BCUT2D eigenvalue weighted by molar-refractivity contribution is -0.129. The Morgan fingerprint density at radius 1 is 1.19 bits per heavy atom. The van der Waals surface area contributed by atoms with E-state index in [9.17, 15) is 20.6 Å². The third-order valence-corrected chi connectivity index (χ3v) is 6.04. The zero-order chi connectivity index (χ0) is 23.5. The summed E-state index contributed by atoms with van der Waals surface area (Å²) in [6, 6.07) is 11.6. The quantitative estimate of drug-likeness (QED) is 0.757. The van der Waals surface area contributed by atoms with Crippen LogP contribution in [0.3, 0.4) is 0 Å². The summed E-state index contributed by atoms with van der Waals surface area (Å²) in [6.07, 6.45) is 1.80. The molecule has 1 aromatic rings. The number of rotatable bonds is 5. The molecule has 164 valence electrons. The smallest absolute Gasteiger partial charge is 0.219 e. The van der Waals surface area contributed by atoms with Gasteiger partial charge in [-0.15, -0.1) is 0 Å². The Hall–Kier alpha value is -3.96. The van der Waals surface area contributed by atoms with Gasteiger partial charge in [-0.3, -0.25) is 4.79 Å². The zero-order valence-corrected chi connectivity index (χ0v) is 18.4. The molecule has 8 heteroatoms. The van der Waals surface area contributed by atoms with E-state index in [0.717, 1.165) is 0 Å². The average molecular weight is 431 g/mol. The molecule has 0 unspecified atom stereocenters. The van der Waals surface area contributed by atoms with Gasteiger partial charge >= 0.3 is 0 Å². The van der Waals surface area contributed by atoms with E-state index in [4.69, 9.17) is 15.2 Å². The summed E-state index contributed by atoms with van der Waals surface area (Å²) in [7, 11) is 0. The molecule has 0 saturated heterocycles. The monoisotopic (exact) mass is 431 g/mol. The van der Waals surface area contributed by atoms with Crippen LogP contribution in [0.15, 0.2) is 41.1 Å². The van der Waals surface area contributed by atoms with Crippen LogP contribution in [-0.4, -0.2) is 37.1 Å². The number of carbonyl (C=O) groups is 1. The molecule has 0 fully saturated rings. The van der Waals surface area contributed by atoms with Crippen molar-refractivity contribution in [1.29, 1.82) is 15.8 Å². The minimum absolute atomic E-state index is 0.0550. The lowest BCUT2D eigenvalue weighted by Crippen LogP contribution is -2.48. The number of hydrogen-bond acceptors (Lipinski definition) is 7. The first-order valence-corrected chi connectivity index (χ1v) is 10.5. The lowest BCUT2D eigenvalue weighted by Gasteiger charge is -2.45. The zero-order valence-electron chi connectivity index (χ0n) is 18.4. The Morgan fingerprint density at radius 2 is 1.84 bits per heavy atom. The van der Waals surface area contributed by atoms with E-state index in [2.05, 4.69) is 18.2 Å². The summed E-state index contributed by atoms with van der Waals surface area (Å²) in [4.78, 5) is 13.8. The van der Waals surface area contributed by atoms with Gasteiger partial charge in [0, 0.05) is 31.8 Å². The largest absolute Gasteiger partial charge is 0.490 e. The van der Waals surface area contributed by atoms with Crippen LogP contribution in [0.4, 0.5) is 0 Å². The molecule has 2 aliphatic rings. The number of ether oxygens (including phenoxy) is 2. The van der Waals surface area contributed by atoms with Crippen molar-refractivity contribution >= 4 is 5.91 Å². The van der Waals surface area contributed by atoms with E-state index in [1.807, 2.05) is 13.8 Å². The topological polar surface area (TPSA) is 136 Å².